The molecular weight excluding hydrogens is 592 g/mol. The van der Waals surface area contributed by atoms with E-state index in [2.05, 4.69) is 37.4 Å². The molecule has 1 aliphatic heterocycles. The second-order valence-electron chi connectivity index (χ2n) is 10.7. The molecule has 238 valence electrons. The summed E-state index contributed by atoms with van der Waals surface area (Å²) in [5, 5.41) is 24.4. The van der Waals surface area contributed by atoms with Crippen molar-refractivity contribution in [2.45, 2.75) is 25.9 Å². The average molecular weight is 627 g/mol. The molecule has 2 aromatic heterocycles. The summed E-state index contributed by atoms with van der Waals surface area (Å²) in [4.78, 5) is 19.1. The van der Waals surface area contributed by atoms with Gasteiger partial charge in [0.05, 0.1) is 50.9 Å². The van der Waals surface area contributed by atoms with Gasteiger partial charge in [0.2, 0.25) is 5.82 Å². The van der Waals surface area contributed by atoms with Crippen molar-refractivity contribution in [1.82, 2.24) is 34.7 Å². The summed E-state index contributed by atoms with van der Waals surface area (Å²) < 4.78 is 24.2. The lowest BCUT2D eigenvalue weighted by Crippen LogP contribution is -2.32. The van der Waals surface area contributed by atoms with Crippen LogP contribution in [-0.2, 0) is 25.9 Å². The van der Waals surface area contributed by atoms with Crippen molar-refractivity contribution in [2.75, 3.05) is 41.0 Å². The fraction of sp³-hybridized carbons (Fsp3) is 0.312. The normalized spacial score (nSPS) is 12.8. The first-order chi connectivity index (χ1) is 22.4. The molecule has 14 nitrogen and oxygen atoms in total. The summed E-state index contributed by atoms with van der Waals surface area (Å²) in [5.74, 6) is 2.19. The van der Waals surface area contributed by atoms with Crippen LogP contribution in [0.4, 0.5) is 5.69 Å². The van der Waals surface area contributed by atoms with Crippen LogP contribution in [0, 0.1) is 10.1 Å². The zero-order valence-corrected chi connectivity index (χ0v) is 25.8. The number of methoxy groups -OCH3 is 3. The quantitative estimate of drug-likeness (QED) is 0.137. The zero-order chi connectivity index (χ0) is 32.0. The third kappa shape index (κ3) is 6.61. The number of fused-ring (bicyclic) bond motifs is 1. The van der Waals surface area contributed by atoms with Crippen molar-refractivity contribution in [3.05, 3.63) is 94.1 Å². The second kappa shape index (κ2) is 13.6. The van der Waals surface area contributed by atoms with Crippen molar-refractivity contribution in [3.63, 3.8) is 0 Å². The lowest BCUT2D eigenvalue weighted by atomic mass is 9.98. The van der Waals surface area contributed by atoms with E-state index in [1.54, 1.807) is 19.6 Å². The molecule has 0 atom stereocenters. The topological polar surface area (TPSA) is 145 Å². The maximum atomic E-state index is 11.7. The van der Waals surface area contributed by atoms with E-state index >= 15 is 0 Å². The highest BCUT2D eigenvalue weighted by Crippen LogP contribution is 2.38. The van der Waals surface area contributed by atoms with Crippen LogP contribution in [0.25, 0.3) is 17.1 Å². The zero-order valence-electron chi connectivity index (χ0n) is 25.8. The molecule has 6 rings (SSSR count). The summed E-state index contributed by atoms with van der Waals surface area (Å²) in [6.45, 7) is 3.93. The molecule has 5 aromatic rings. The molecule has 0 amide bonds. The van der Waals surface area contributed by atoms with E-state index in [0.717, 1.165) is 44.0 Å². The lowest BCUT2D eigenvalue weighted by Gasteiger charge is -2.29. The Hall–Kier alpha value is -5.50. The van der Waals surface area contributed by atoms with E-state index in [1.165, 1.54) is 47.8 Å². The van der Waals surface area contributed by atoms with Crippen molar-refractivity contribution in [1.29, 1.82) is 0 Å². The maximum absolute atomic E-state index is 11.7. The maximum Gasteiger partial charge on any atom is 0.284 e. The van der Waals surface area contributed by atoms with Crippen LogP contribution < -0.4 is 18.9 Å². The largest absolute Gasteiger partial charge is 0.493 e. The minimum Gasteiger partial charge on any atom is -0.493 e. The third-order valence-electron chi connectivity index (χ3n) is 7.98. The average Bonchev–Trinajstić information content (AvgIpc) is 3.79. The summed E-state index contributed by atoms with van der Waals surface area (Å²) in [7, 11) is 4.55. The standard InChI is InChI=1S/C32H34N8O6/c1-43-28-16-23-9-12-37(20-24(23)17-31(28)46-15-14-38-13-10-33-21-38)11-8-22-4-6-25(7-5-22)39-35-32(34-36-39)26-18-29(44-2)30(45-3)19-27(26)40(41)42/h4-7,10,13,16-19,21H,8-9,11-12,14-15,20H2,1-3H3. The van der Waals surface area contributed by atoms with Crippen LogP contribution in [-0.4, -0.2) is 80.6 Å². The van der Waals surface area contributed by atoms with Crippen LogP contribution in [0.3, 0.4) is 0 Å². The summed E-state index contributed by atoms with van der Waals surface area (Å²) in [5.41, 5.74) is 4.37. The van der Waals surface area contributed by atoms with E-state index in [4.69, 9.17) is 18.9 Å². The number of hydrogen-bond donors (Lipinski definition) is 0. The highest BCUT2D eigenvalue weighted by molar-refractivity contribution is 5.72. The number of rotatable bonds is 13. The van der Waals surface area contributed by atoms with E-state index in [-0.39, 0.29) is 22.8 Å². The molecule has 0 radical (unpaired) electrons. The summed E-state index contributed by atoms with van der Waals surface area (Å²) in [6.07, 6.45) is 7.26. The molecule has 3 heterocycles. The molecular formula is C32H34N8O6. The third-order valence-corrected chi connectivity index (χ3v) is 7.98. The van der Waals surface area contributed by atoms with Crippen LogP contribution in [0.1, 0.15) is 16.7 Å². The Morgan fingerprint density at radius 2 is 1.65 bits per heavy atom. The van der Waals surface area contributed by atoms with Gasteiger partial charge in [0.25, 0.3) is 5.69 Å². The Balaban J connectivity index is 1.09. The molecule has 14 heteroatoms. The van der Waals surface area contributed by atoms with Crippen LogP contribution >= 0.6 is 0 Å². The van der Waals surface area contributed by atoms with Crippen LogP contribution in [0.2, 0.25) is 0 Å². The number of nitrogens with zero attached hydrogens (tertiary/aromatic N) is 8. The lowest BCUT2D eigenvalue weighted by molar-refractivity contribution is -0.384. The number of nitro groups is 1. The Labute approximate surface area is 265 Å². The van der Waals surface area contributed by atoms with Gasteiger partial charge in [0, 0.05) is 38.1 Å². The minimum atomic E-state index is -0.512. The number of hydrogen-bond acceptors (Lipinski definition) is 11. The molecule has 0 unspecified atom stereocenters. The first-order valence-electron chi connectivity index (χ1n) is 14.8. The number of aromatic nitrogens is 6. The predicted molar refractivity (Wildman–Crippen MR) is 168 cm³/mol. The highest BCUT2D eigenvalue weighted by atomic mass is 16.6. The van der Waals surface area contributed by atoms with E-state index in [0.29, 0.717) is 24.6 Å². The minimum absolute atomic E-state index is 0.103. The smallest absolute Gasteiger partial charge is 0.284 e. The molecule has 0 spiro atoms. The molecule has 0 saturated carbocycles. The van der Waals surface area contributed by atoms with Crippen molar-refractivity contribution < 1.29 is 23.9 Å². The first-order valence-corrected chi connectivity index (χ1v) is 14.8. The predicted octanol–water partition coefficient (Wildman–Crippen LogP) is 4.14. The number of nitro benzene ring substituents is 1. The Kier molecular flexibility index (Phi) is 9.06. The highest BCUT2D eigenvalue weighted by Gasteiger charge is 2.24. The van der Waals surface area contributed by atoms with Gasteiger partial charge in [-0.25, -0.2) is 4.98 Å². The Morgan fingerprint density at radius 1 is 0.913 bits per heavy atom. The van der Waals surface area contributed by atoms with E-state index < -0.39 is 4.92 Å². The van der Waals surface area contributed by atoms with Gasteiger partial charge in [0.1, 0.15) is 12.2 Å². The first kappa shape index (κ1) is 30.5. The summed E-state index contributed by atoms with van der Waals surface area (Å²) in [6, 6.07) is 14.9. The molecule has 1 aliphatic rings. The SMILES string of the molecule is COc1cc(-c2nnn(-c3ccc(CCN4CCc5cc(OC)c(OCCn6ccnc6)cc5C4)cc3)n2)c([N+](=O)[O-])cc1OC. The monoisotopic (exact) mass is 626 g/mol. The number of tetrazole rings is 1. The van der Waals surface area contributed by atoms with Gasteiger partial charge in [0.15, 0.2) is 23.0 Å². The molecule has 0 saturated heterocycles. The second-order valence-corrected chi connectivity index (χ2v) is 10.7. The van der Waals surface area contributed by atoms with Gasteiger partial charge < -0.3 is 23.5 Å². The fourth-order valence-electron chi connectivity index (χ4n) is 5.48. The van der Waals surface area contributed by atoms with Crippen molar-refractivity contribution >= 4 is 5.69 Å². The molecule has 0 N–H and O–H groups in total. The summed E-state index contributed by atoms with van der Waals surface area (Å²) >= 11 is 0. The molecule has 0 fully saturated rings. The van der Waals surface area contributed by atoms with Gasteiger partial charge in [-0.15, -0.1) is 15.0 Å². The molecule has 0 bridgehead atoms. The van der Waals surface area contributed by atoms with Gasteiger partial charge >= 0.3 is 0 Å². The number of imidazole rings is 1. The van der Waals surface area contributed by atoms with Gasteiger partial charge in [-0.05, 0) is 59.0 Å². The van der Waals surface area contributed by atoms with Gasteiger partial charge in [-0.3, -0.25) is 15.0 Å². The van der Waals surface area contributed by atoms with Crippen molar-refractivity contribution in [3.8, 4) is 40.1 Å². The van der Waals surface area contributed by atoms with Gasteiger partial charge in [-0.2, -0.15) is 0 Å². The Bertz CT molecular complexity index is 1810. The van der Waals surface area contributed by atoms with Crippen LogP contribution in [0.15, 0.2) is 67.3 Å². The molecule has 3 aromatic carbocycles. The Morgan fingerprint density at radius 3 is 2.37 bits per heavy atom. The van der Waals surface area contributed by atoms with E-state index in [1.807, 2.05) is 35.0 Å². The van der Waals surface area contributed by atoms with Crippen molar-refractivity contribution in [2.24, 2.45) is 0 Å². The molecule has 46 heavy (non-hydrogen) atoms. The van der Waals surface area contributed by atoms with E-state index in [9.17, 15) is 10.1 Å². The number of ether oxygens (including phenoxy) is 4. The van der Waals surface area contributed by atoms with Crippen LogP contribution in [0.5, 0.6) is 23.0 Å². The number of benzene rings is 3. The fourth-order valence-corrected chi connectivity index (χ4v) is 5.48. The molecule has 0 aliphatic carbocycles. The van der Waals surface area contributed by atoms with Gasteiger partial charge in [-0.1, -0.05) is 12.1 Å².